The molecule has 2 rings (SSSR count). The third-order valence-corrected chi connectivity index (χ3v) is 3.09. The van der Waals surface area contributed by atoms with Crippen molar-refractivity contribution in [1.82, 2.24) is 0 Å². The molecule has 0 aliphatic carbocycles. The summed E-state index contributed by atoms with van der Waals surface area (Å²) in [6.45, 7) is 0. The van der Waals surface area contributed by atoms with E-state index in [0.717, 1.165) is 5.56 Å². The fourth-order valence-electron chi connectivity index (χ4n) is 1.48. The molecule has 0 atom stereocenters. The van der Waals surface area contributed by atoms with Gasteiger partial charge in [0.25, 0.3) is 0 Å². The molecule has 0 fully saturated rings. The van der Waals surface area contributed by atoms with Crippen molar-refractivity contribution in [3.63, 3.8) is 0 Å². The minimum atomic E-state index is -0.980. The van der Waals surface area contributed by atoms with Crippen molar-refractivity contribution in [1.29, 1.82) is 0 Å². The molecule has 1 amide bonds. The van der Waals surface area contributed by atoms with E-state index in [1.165, 1.54) is 12.1 Å². The first-order valence-electron chi connectivity index (χ1n) is 5.29. The molecular weight excluding hydrogens is 250 g/mol. The number of hydrogen-bond donors (Lipinski definition) is 2. The first kappa shape index (κ1) is 12.3. The summed E-state index contributed by atoms with van der Waals surface area (Å²) in [6, 6.07) is 7.98. The molecule has 1 heterocycles. The van der Waals surface area contributed by atoms with Gasteiger partial charge in [0.2, 0.25) is 5.91 Å². The molecule has 5 heteroatoms. The molecule has 92 valence electrons. The summed E-state index contributed by atoms with van der Waals surface area (Å²) < 4.78 is 0. The fraction of sp³-hybridized carbons (Fsp3) is 0.0769. The topological polar surface area (TPSA) is 66.4 Å². The van der Waals surface area contributed by atoms with Crippen LogP contribution < -0.4 is 5.32 Å². The largest absolute Gasteiger partial charge is 0.478 e. The first-order valence-corrected chi connectivity index (χ1v) is 6.24. The van der Waals surface area contributed by atoms with Crippen LogP contribution in [0.1, 0.15) is 15.9 Å². The minimum absolute atomic E-state index is 0.114. The third kappa shape index (κ3) is 3.18. The Kier molecular flexibility index (Phi) is 3.74. The number of nitrogens with one attached hydrogen (secondary N) is 1. The highest BCUT2D eigenvalue weighted by molar-refractivity contribution is 7.08. The SMILES string of the molecule is O=C(Cc1ccsc1)Nc1ccc(C(=O)O)cc1. The zero-order valence-corrected chi connectivity index (χ0v) is 10.2. The van der Waals surface area contributed by atoms with Crippen LogP contribution in [0.4, 0.5) is 5.69 Å². The number of amides is 1. The number of hydrogen-bond acceptors (Lipinski definition) is 3. The Morgan fingerprint density at radius 2 is 1.89 bits per heavy atom. The lowest BCUT2D eigenvalue weighted by Crippen LogP contribution is -2.14. The molecule has 0 saturated carbocycles. The normalized spacial score (nSPS) is 10.0. The number of thiophene rings is 1. The van der Waals surface area contributed by atoms with E-state index in [0.29, 0.717) is 12.1 Å². The summed E-state index contributed by atoms with van der Waals surface area (Å²) in [5.74, 6) is -1.09. The molecule has 4 nitrogen and oxygen atoms in total. The number of carbonyl (C=O) groups is 2. The summed E-state index contributed by atoms with van der Waals surface area (Å²) >= 11 is 1.55. The van der Waals surface area contributed by atoms with Gasteiger partial charge in [-0.15, -0.1) is 0 Å². The van der Waals surface area contributed by atoms with Crippen LogP contribution in [-0.4, -0.2) is 17.0 Å². The van der Waals surface area contributed by atoms with Gasteiger partial charge in [0.1, 0.15) is 0 Å². The number of carboxylic acids is 1. The first-order chi connectivity index (χ1) is 8.65. The molecular formula is C13H11NO3S. The second-order valence-electron chi connectivity index (χ2n) is 3.74. The average molecular weight is 261 g/mol. The molecule has 0 saturated heterocycles. The van der Waals surface area contributed by atoms with Crippen molar-refractivity contribution >= 4 is 28.9 Å². The summed E-state index contributed by atoms with van der Waals surface area (Å²) in [5.41, 5.74) is 1.77. The standard InChI is InChI=1S/C13H11NO3S/c15-12(7-9-5-6-18-8-9)14-11-3-1-10(2-4-11)13(16)17/h1-6,8H,7H2,(H,14,15)(H,16,17). The van der Waals surface area contributed by atoms with Crippen molar-refractivity contribution in [2.45, 2.75) is 6.42 Å². The van der Waals surface area contributed by atoms with E-state index < -0.39 is 5.97 Å². The number of aromatic carboxylic acids is 1. The zero-order chi connectivity index (χ0) is 13.0. The van der Waals surface area contributed by atoms with Gasteiger partial charge in [0.05, 0.1) is 12.0 Å². The Balaban J connectivity index is 1.97. The molecule has 18 heavy (non-hydrogen) atoms. The van der Waals surface area contributed by atoms with Gasteiger partial charge in [-0.2, -0.15) is 11.3 Å². The predicted molar refractivity (Wildman–Crippen MR) is 70.1 cm³/mol. The molecule has 0 aliphatic rings. The number of rotatable bonds is 4. The summed E-state index contributed by atoms with van der Waals surface area (Å²) in [5, 5.41) is 15.3. The highest BCUT2D eigenvalue weighted by Crippen LogP contribution is 2.11. The lowest BCUT2D eigenvalue weighted by Gasteiger charge is -2.04. The molecule has 0 radical (unpaired) electrons. The number of carbonyl (C=O) groups excluding carboxylic acids is 1. The Morgan fingerprint density at radius 1 is 1.17 bits per heavy atom. The lowest BCUT2D eigenvalue weighted by atomic mass is 10.2. The molecule has 1 aromatic heterocycles. The summed E-state index contributed by atoms with van der Waals surface area (Å²) in [4.78, 5) is 22.3. The smallest absolute Gasteiger partial charge is 0.335 e. The Morgan fingerprint density at radius 3 is 2.44 bits per heavy atom. The average Bonchev–Trinajstić information content (AvgIpc) is 2.82. The van der Waals surface area contributed by atoms with Crippen molar-refractivity contribution in [3.05, 3.63) is 52.2 Å². The van der Waals surface area contributed by atoms with E-state index >= 15 is 0 Å². The van der Waals surface area contributed by atoms with Crippen LogP contribution in [0.15, 0.2) is 41.1 Å². The van der Waals surface area contributed by atoms with Crippen molar-refractivity contribution < 1.29 is 14.7 Å². The summed E-state index contributed by atoms with van der Waals surface area (Å²) in [6.07, 6.45) is 0.324. The molecule has 2 aromatic rings. The van der Waals surface area contributed by atoms with Gasteiger partial charge < -0.3 is 10.4 Å². The van der Waals surface area contributed by atoms with Gasteiger partial charge in [-0.1, -0.05) is 0 Å². The number of carboxylic acid groups (broad SMARTS) is 1. The van der Waals surface area contributed by atoms with Crippen LogP contribution >= 0.6 is 11.3 Å². The summed E-state index contributed by atoms with van der Waals surface area (Å²) in [7, 11) is 0. The number of benzene rings is 1. The monoisotopic (exact) mass is 261 g/mol. The maximum atomic E-state index is 11.7. The van der Waals surface area contributed by atoms with E-state index in [1.807, 2.05) is 16.8 Å². The van der Waals surface area contributed by atoms with Crippen LogP contribution in [0.25, 0.3) is 0 Å². The highest BCUT2D eigenvalue weighted by atomic mass is 32.1. The predicted octanol–water partition coefficient (Wildman–Crippen LogP) is 2.63. The van der Waals surface area contributed by atoms with Gasteiger partial charge >= 0.3 is 5.97 Å². The van der Waals surface area contributed by atoms with Crippen molar-refractivity contribution in [2.75, 3.05) is 5.32 Å². The van der Waals surface area contributed by atoms with Gasteiger partial charge in [0, 0.05) is 5.69 Å². The van der Waals surface area contributed by atoms with Crippen molar-refractivity contribution in [2.24, 2.45) is 0 Å². The highest BCUT2D eigenvalue weighted by Gasteiger charge is 2.06. The van der Waals surface area contributed by atoms with E-state index in [1.54, 1.807) is 23.5 Å². The second-order valence-corrected chi connectivity index (χ2v) is 4.52. The Bertz CT molecular complexity index is 546. The van der Waals surface area contributed by atoms with Crippen LogP contribution in [0.2, 0.25) is 0 Å². The zero-order valence-electron chi connectivity index (χ0n) is 9.42. The lowest BCUT2D eigenvalue weighted by molar-refractivity contribution is -0.115. The van der Waals surface area contributed by atoms with E-state index in [2.05, 4.69) is 5.32 Å². The van der Waals surface area contributed by atoms with Crippen LogP contribution in [-0.2, 0) is 11.2 Å². The van der Waals surface area contributed by atoms with E-state index in [-0.39, 0.29) is 11.5 Å². The molecule has 0 unspecified atom stereocenters. The molecule has 2 N–H and O–H groups in total. The van der Waals surface area contributed by atoms with Gasteiger partial charge in [-0.25, -0.2) is 4.79 Å². The fourth-order valence-corrected chi connectivity index (χ4v) is 2.15. The van der Waals surface area contributed by atoms with E-state index in [4.69, 9.17) is 5.11 Å². The van der Waals surface area contributed by atoms with Crippen LogP contribution in [0.3, 0.4) is 0 Å². The molecule has 1 aromatic carbocycles. The molecule has 0 bridgehead atoms. The maximum absolute atomic E-state index is 11.7. The second kappa shape index (κ2) is 5.46. The van der Waals surface area contributed by atoms with E-state index in [9.17, 15) is 9.59 Å². The molecule has 0 aliphatic heterocycles. The quantitative estimate of drug-likeness (QED) is 0.889. The molecule has 0 spiro atoms. The Hall–Kier alpha value is -2.14. The minimum Gasteiger partial charge on any atom is -0.478 e. The van der Waals surface area contributed by atoms with Gasteiger partial charge in [-0.3, -0.25) is 4.79 Å². The van der Waals surface area contributed by atoms with Crippen molar-refractivity contribution in [3.8, 4) is 0 Å². The van der Waals surface area contributed by atoms with Gasteiger partial charge in [0.15, 0.2) is 0 Å². The maximum Gasteiger partial charge on any atom is 0.335 e. The Labute approximate surface area is 108 Å². The third-order valence-electron chi connectivity index (χ3n) is 2.36. The van der Waals surface area contributed by atoms with Crippen LogP contribution in [0.5, 0.6) is 0 Å². The van der Waals surface area contributed by atoms with Gasteiger partial charge in [-0.05, 0) is 46.7 Å². The van der Waals surface area contributed by atoms with Crippen LogP contribution in [0, 0.1) is 0 Å². The number of anilines is 1.